The number of carbonyl (C=O) groups is 1. The first-order chi connectivity index (χ1) is 10.1. The van der Waals surface area contributed by atoms with Crippen LogP contribution in [0.3, 0.4) is 0 Å². The van der Waals surface area contributed by atoms with Gasteiger partial charge in [-0.3, -0.25) is 4.79 Å². The first-order valence-electron chi connectivity index (χ1n) is 6.66. The van der Waals surface area contributed by atoms with Crippen LogP contribution in [0.1, 0.15) is 29.1 Å². The van der Waals surface area contributed by atoms with Crippen LogP contribution >= 0.6 is 0 Å². The van der Waals surface area contributed by atoms with Gasteiger partial charge in [-0.25, -0.2) is 4.98 Å². The Morgan fingerprint density at radius 3 is 2.67 bits per heavy atom. The molecule has 2 heterocycles. The lowest BCUT2D eigenvalue weighted by Gasteiger charge is -2.03. The molecule has 1 atom stereocenters. The maximum Gasteiger partial charge on any atom is 0.275 e. The van der Waals surface area contributed by atoms with Gasteiger partial charge >= 0.3 is 0 Å². The lowest BCUT2D eigenvalue weighted by atomic mass is 10.2. The van der Waals surface area contributed by atoms with Crippen LogP contribution in [0, 0.1) is 0 Å². The van der Waals surface area contributed by atoms with Crippen LogP contribution in [0.25, 0.3) is 5.65 Å². The van der Waals surface area contributed by atoms with Gasteiger partial charge in [-0.1, -0.05) is 24.3 Å². The molecule has 0 radical (unpaired) electrons. The van der Waals surface area contributed by atoms with Gasteiger partial charge in [0, 0.05) is 18.1 Å². The second kappa shape index (κ2) is 5.38. The summed E-state index contributed by atoms with van der Waals surface area (Å²) in [7, 11) is 0. The number of nitrogens with zero attached hydrogens (tertiary/aromatic N) is 2. The van der Waals surface area contributed by atoms with Gasteiger partial charge in [-0.2, -0.15) is 0 Å². The molecule has 0 bridgehead atoms. The average Bonchev–Trinajstić information content (AvgIpc) is 2.91. The van der Waals surface area contributed by atoms with E-state index in [1.165, 1.54) is 0 Å². The fourth-order valence-corrected chi connectivity index (χ4v) is 2.08. The summed E-state index contributed by atoms with van der Waals surface area (Å²) in [4.78, 5) is 16.4. The minimum Gasteiger partial charge on any atom is -0.389 e. The first kappa shape index (κ1) is 13.3. The summed E-state index contributed by atoms with van der Waals surface area (Å²) in [6.07, 6.45) is 2.87. The number of amides is 1. The molecule has 0 aliphatic rings. The average molecular weight is 281 g/mol. The van der Waals surface area contributed by atoms with Crippen LogP contribution in [0.5, 0.6) is 0 Å². The van der Waals surface area contributed by atoms with Crippen molar-refractivity contribution in [1.82, 2.24) is 9.38 Å². The number of anilines is 1. The van der Waals surface area contributed by atoms with Crippen LogP contribution in [-0.2, 0) is 0 Å². The van der Waals surface area contributed by atoms with Crippen LogP contribution in [0.2, 0.25) is 0 Å². The Hall–Kier alpha value is -2.66. The highest BCUT2D eigenvalue weighted by atomic mass is 16.3. The van der Waals surface area contributed by atoms with Crippen molar-refractivity contribution in [2.24, 2.45) is 0 Å². The summed E-state index contributed by atoms with van der Waals surface area (Å²) < 4.78 is 1.74. The molecule has 106 valence electrons. The summed E-state index contributed by atoms with van der Waals surface area (Å²) in [5.41, 5.74) is 2.50. The predicted octanol–water partition coefficient (Wildman–Crippen LogP) is 2.64. The van der Waals surface area contributed by atoms with E-state index in [4.69, 9.17) is 0 Å². The van der Waals surface area contributed by atoms with E-state index in [0.29, 0.717) is 11.3 Å². The molecular formula is C16H15N3O2. The fourth-order valence-electron chi connectivity index (χ4n) is 2.08. The van der Waals surface area contributed by atoms with Crippen molar-refractivity contribution in [2.75, 3.05) is 5.32 Å². The van der Waals surface area contributed by atoms with Gasteiger partial charge in [0.15, 0.2) is 0 Å². The molecule has 3 rings (SSSR count). The van der Waals surface area contributed by atoms with E-state index in [9.17, 15) is 9.90 Å². The Balaban J connectivity index is 1.88. The maximum atomic E-state index is 12.2. The van der Waals surface area contributed by atoms with Crippen molar-refractivity contribution in [3.63, 3.8) is 0 Å². The van der Waals surface area contributed by atoms with Gasteiger partial charge in [0.05, 0.1) is 6.10 Å². The number of benzene rings is 1. The number of aliphatic hydroxyl groups excluding tert-OH is 1. The number of para-hydroxylation sites is 1. The van der Waals surface area contributed by atoms with Crippen molar-refractivity contribution >= 4 is 17.2 Å². The molecular weight excluding hydrogens is 266 g/mol. The highest BCUT2D eigenvalue weighted by Gasteiger charge is 2.11. The molecule has 0 aliphatic heterocycles. The molecule has 0 saturated heterocycles. The van der Waals surface area contributed by atoms with Crippen LogP contribution in [0.15, 0.2) is 54.9 Å². The number of pyridine rings is 1. The lowest BCUT2D eigenvalue weighted by Crippen LogP contribution is -2.11. The van der Waals surface area contributed by atoms with E-state index in [1.54, 1.807) is 35.9 Å². The minimum atomic E-state index is -0.557. The van der Waals surface area contributed by atoms with Gasteiger partial charge in [-0.15, -0.1) is 0 Å². The first-order valence-corrected chi connectivity index (χ1v) is 6.66. The number of hydrogen-bond acceptors (Lipinski definition) is 3. The van der Waals surface area contributed by atoms with E-state index in [-0.39, 0.29) is 5.91 Å². The van der Waals surface area contributed by atoms with Gasteiger partial charge in [-0.05, 0) is 30.7 Å². The van der Waals surface area contributed by atoms with Crippen molar-refractivity contribution in [2.45, 2.75) is 13.0 Å². The highest BCUT2D eigenvalue weighted by molar-refractivity contribution is 6.03. The van der Waals surface area contributed by atoms with Crippen molar-refractivity contribution in [3.8, 4) is 0 Å². The smallest absolute Gasteiger partial charge is 0.275 e. The Bertz CT molecular complexity index is 779. The van der Waals surface area contributed by atoms with E-state index < -0.39 is 6.10 Å². The zero-order valence-electron chi connectivity index (χ0n) is 11.5. The summed E-state index contributed by atoms with van der Waals surface area (Å²) in [5, 5.41) is 12.4. The van der Waals surface area contributed by atoms with Crippen LogP contribution in [0.4, 0.5) is 5.69 Å². The summed E-state index contributed by atoms with van der Waals surface area (Å²) in [5.74, 6) is -0.261. The molecule has 0 saturated carbocycles. The molecule has 5 nitrogen and oxygen atoms in total. The topological polar surface area (TPSA) is 66.6 Å². The second-order valence-electron chi connectivity index (χ2n) is 4.85. The maximum absolute atomic E-state index is 12.2. The molecule has 1 amide bonds. The van der Waals surface area contributed by atoms with Crippen molar-refractivity contribution in [3.05, 3.63) is 66.1 Å². The number of aromatic nitrogens is 2. The van der Waals surface area contributed by atoms with Crippen LogP contribution < -0.4 is 5.32 Å². The third-order valence-corrected chi connectivity index (χ3v) is 3.22. The van der Waals surface area contributed by atoms with Crippen molar-refractivity contribution in [1.29, 1.82) is 0 Å². The molecule has 0 spiro atoms. The van der Waals surface area contributed by atoms with E-state index >= 15 is 0 Å². The standard InChI is InChI=1S/C16H15N3O2/c1-11(20)12-7-8-15-18-14(10-19(15)9-12)16(21)17-13-5-3-2-4-6-13/h2-11,20H,1H3,(H,17,21)/t11-/m1/s1. The molecule has 5 heteroatoms. The molecule has 0 aliphatic carbocycles. The molecule has 1 aromatic carbocycles. The zero-order chi connectivity index (χ0) is 14.8. The molecule has 3 aromatic rings. The monoisotopic (exact) mass is 281 g/mol. The molecule has 0 fully saturated rings. The molecule has 2 N–H and O–H groups in total. The summed E-state index contributed by atoms with van der Waals surface area (Å²) in [6.45, 7) is 1.70. The normalized spacial score (nSPS) is 12.3. The highest BCUT2D eigenvalue weighted by Crippen LogP contribution is 2.15. The number of fused-ring (bicyclic) bond motifs is 1. The van der Waals surface area contributed by atoms with E-state index in [1.807, 2.05) is 30.3 Å². The number of rotatable bonds is 3. The largest absolute Gasteiger partial charge is 0.389 e. The number of nitrogens with one attached hydrogen (secondary N) is 1. The number of imidazole rings is 1. The summed E-state index contributed by atoms with van der Waals surface area (Å²) >= 11 is 0. The zero-order valence-corrected chi connectivity index (χ0v) is 11.5. The SMILES string of the molecule is C[C@@H](O)c1ccc2nc(C(=O)Nc3ccccc3)cn2c1. The predicted molar refractivity (Wildman–Crippen MR) is 80.2 cm³/mol. The Morgan fingerprint density at radius 1 is 1.19 bits per heavy atom. The van der Waals surface area contributed by atoms with Gasteiger partial charge < -0.3 is 14.8 Å². The van der Waals surface area contributed by atoms with E-state index in [0.717, 1.165) is 11.3 Å². The van der Waals surface area contributed by atoms with Gasteiger partial charge in [0.2, 0.25) is 0 Å². The Morgan fingerprint density at radius 2 is 1.95 bits per heavy atom. The van der Waals surface area contributed by atoms with Crippen LogP contribution in [-0.4, -0.2) is 20.4 Å². The Labute approximate surface area is 121 Å². The number of hydrogen-bond donors (Lipinski definition) is 2. The van der Waals surface area contributed by atoms with Gasteiger partial charge in [0.25, 0.3) is 5.91 Å². The third kappa shape index (κ3) is 2.78. The van der Waals surface area contributed by atoms with E-state index in [2.05, 4.69) is 10.3 Å². The molecule has 0 unspecified atom stereocenters. The third-order valence-electron chi connectivity index (χ3n) is 3.22. The summed E-state index contributed by atoms with van der Waals surface area (Å²) in [6, 6.07) is 12.8. The quantitative estimate of drug-likeness (QED) is 0.775. The number of carbonyl (C=O) groups excluding carboxylic acids is 1. The number of aliphatic hydroxyl groups is 1. The fraction of sp³-hybridized carbons (Fsp3) is 0.125. The molecule has 21 heavy (non-hydrogen) atoms. The second-order valence-corrected chi connectivity index (χ2v) is 4.85. The van der Waals surface area contributed by atoms with Gasteiger partial charge in [0.1, 0.15) is 11.3 Å². The minimum absolute atomic E-state index is 0.261. The lowest BCUT2D eigenvalue weighted by molar-refractivity contribution is 0.102. The van der Waals surface area contributed by atoms with Crippen molar-refractivity contribution < 1.29 is 9.90 Å². The Kier molecular flexibility index (Phi) is 3.41. The molecule has 2 aromatic heterocycles.